The summed E-state index contributed by atoms with van der Waals surface area (Å²) in [5, 5.41) is 0. The monoisotopic (exact) mass is 312 g/mol. The van der Waals surface area contributed by atoms with Gasteiger partial charge in [-0.1, -0.05) is 12.1 Å². The first-order valence-corrected chi connectivity index (χ1v) is 7.12. The molecular weight excluding hydrogens is 296 g/mol. The number of hydrogen-bond acceptors (Lipinski definition) is 6. The Hall–Kier alpha value is -2.89. The van der Waals surface area contributed by atoms with Crippen molar-refractivity contribution in [2.75, 3.05) is 5.73 Å². The second kappa shape index (κ2) is 5.08. The van der Waals surface area contributed by atoms with Crippen molar-refractivity contribution in [2.24, 2.45) is 0 Å². The van der Waals surface area contributed by atoms with Gasteiger partial charge in [0, 0.05) is 6.07 Å². The fraction of sp³-hybridized carbons (Fsp3) is 0.235. The number of aromatic nitrogens is 1. The van der Waals surface area contributed by atoms with Crippen molar-refractivity contribution in [3.63, 3.8) is 0 Å². The van der Waals surface area contributed by atoms with E-state index in [2.05, 4.69) is 4.98 Å². The molecule has 0 bridgehead atoms. The third-order valence-corrected chi connectivity index (χ3v) is 3.19. The molecule has 0 amide bonds. The first-order valence-electron chi connectivity index (χ1n) is 7.12. The fourth-order valence-corrected chi connectivity index (χ4v) is 2.24. The topological polar surface area (TPSA) is 95.4 Å². The van der Waals surface area contributed by atoms with Crippen LogP contribution in [-0.2, 0) is 4.74 Å². The molecule has 0 fully saturated rings. The third kappa shape index (κ3) is 2.75. The Bertz CT molecular complexity index is 938. The first kappa shape index (κ1) is 15.0. The van der Waals surface area contributed by atoms with Gasteiger partial charge in [-0.15, -0.1) is 0 Å². The lowest BCUT2D eigenvalue weighted by Gasteiger charge is -2.21. The van der Waals surface area contributed by atoms with Crippen molar-refractivity contribution in [1.29, 1.82) is 0 Å². The highest BCUT2D eigenvalue weighted by molar-refractivity contribution is 6.02. The van der Waals surface area contributed by atoms with Gasteiger partial charge in [-0.25, -0.2) is 9.78 Å². The van der Waals surface area contributed by atoms with Crippen molar-refractivity contribution in [1.82, 2.24) is 4.98 Å². The number of carbonyl (C=O) groups is 1. The largest absolute Gasteiger partial charge is 0.456 e. The summed E-state index contributed by atoms with van der Waals surface area (Å²) in [6.07, 6.45) is 0. The normalized spacial score (nSPS) is 11.8. The molecule has 0 saturated heterocycles. The summed E-state index contributed by atoms with van der Waals surface area (Å²) in [4.78, 5) is 28.9. The van der Waals surface area contributed by atoms with E-state index in [9.17, 15) is 9.59 Å². The standard InChI is InChI=1S/C17H16N2O4/c1-17(2,3)23-16(21)13-14(18)10(20)8-12-15(13)19-9-6-4-5-7-11(9)22-12/h4-8H,18H2,1-3H3. The summed E-state index contributed by atoms with van der Waals surface area (Å²) < 4.78 is 11.0. The molecule has 0 radical (unpaired) electrons. The Morgan fingerprint density at radius 2 is 1.96 bits per heavy atom. The molecule has 118 valence electrons. The molecular formula is C17H16N2O4. The molecule has 0 atom stereocenters. The van der Waals surface area contributed by atoms with E-state index in [4.69, 9.17) is 14.9 Å². The minimum atomic E-state index is -0.720. The zero-order chi connectivity index (χ0) is 16.8. The van der Waals surface area contributed by atoms with Crippen LogP contribution in [0.1, 0.15) is 31.1 Å². The van der Waals surface area contributed by atoms with Crippen molar-refractivity contribution in [2.45, 2.75) is 26.4 Å². The zero-order valence-corrected chi connectivity index (χ0v) is 13.0. The van der Waals surface area contributed by atoms with Gasteiger partial charge in [-0.3, -0.25) is 4.79 Å². The van der Waals surface area contributed by atoms with E-state index in [-0.39, 0.29) is 22.7 Å². The molecule has 0 aromatic heterocycles. The average molecular weight is 312 g/mol. The quantitative estimate of drug-likeness (QED) is 0.422. The van der Waals surface area contributed by atoms with Crippen LogP contribution in [0.3, 0.4) is 0 Å². The molecule has 0 unspecified atom stereocenters. The zero-order valence-electron chi connectivity index (χ0n) is 13.0. The Balaban J connectivity index is 2.31. The van der Waals surface area contributed by atoms with Crippen molar-refractivity contribution in [3.8, 4) is 11.5 Å². The van der Waals surface area contributed by atoms with Gasteiger partial charge in [0.1, 0.15) is 22.4 Å². The number of carbonyl (C=O) groups excluding carboxylic acids is 1. The molecule has 2 aliphatic rings. The number of esters is 1. The summed E-state index contributed by atoms with van der Waals surface area (Å²) in [7, 11) is 0. The summed E-state index contributed by atoms with van der Waals surface area (Å²) in [5.74, 6) is -0.501. The maximum atomic E-state index is 12.5. The lowest BCUT2D eigenvalue weighted by atomic mass is 10.1. The molecule has 3 rings (SSSR count). The number of anilines is 1. The minimum Gasteiger partial charge on any atom is -0.456 e. The van der Waals surface area contributed by atoms with Crippen LogP contribution < -0.4 is 11.2 Å². The fourth-order valence-electron chi connectivity index (χ4n) is 2.24. The van der Waals surface area contributed by atoms with Gasteiger partial charge in [-0.05, 0) is 32.9 Å². The summed E-state index contributed by atoms with van der Waals surface area (Å²) in [6, 6.07) is 8.31. The number of nitrogens with zero attached hydrogens (tertiary/aromatic N) is 1. The van der Waals surface area contributed by atoms with Gasteiger partial charge in [0.15, 0.2) is 11.3 Å². The second-order valence-corrected chi connectivity index (χ2v) is 6.19. The molecule has 1 heterocycles. The first-order chi connectivity index (χ1) is 10.8. The van der Waals surface area contributed by atoms with Gasteiger partial charge < -0.3 is 14.9 Å². The molecule has 6 heteroatoms. The van der Waals surface area contributed by atoms with Crippen LogP contribution in [0.5, 0.6) is 0 Å². The number of hydrogen-bond donors (Lipinski definition) is 1. The van der Waals surface area contributed by atoms with E-state index in [0.29, 0.717) is 11.1 Å². The van der Waals surface area contributed by atoms with Crippen LogP contribution in [0.4, 0.5) is 5.69 Å². The molecule has 0 saturated carbocycles. The van der Waals surface area contributed by atoms with Gasteiger partial charge in [0.25, 0.3) is 0 Å². The number of para-hydroxylation sites is 2. The molecule has 23 heavy (non-hydrogen) atoms. The van der Waals surface area contributed by atoms with Crippen molar-refractivity contribution in [3.05, 3.63) is 46.1 Å². The predicted molar refractivity (Wildman–Crippen MR) is 86.5 cm³/mol. The molecule has 1 aromatic carbocycles. The Morgan fingerprint density at radius 3 is 2.65 bits per heavy atom. The van der Waals surface area contributed by atoms with E-state index >= 15 is 0 Å². The van der Waals surface area contributed by atoms with Gasteiger partial charge >= 0.3 is 5.97 Å². The summed E-state index contributed by atoms with van der Waals surface area (Å²) >= 11 is 0. The number of ether oxygens (including phenoxy) is 1. The third-order valence-electron chi connectivity index (χ3n) is 3.19. The number of benzene rings is 2. The number of nitrogens with two attached hydrogens (primary N) is 1. The maximum absolute atomic E-state index is 12.5. The lowest BCUT2D eigenvalue weighted by molar-refractivity contribution is 0.00710. The second-order valence-electron chi connectivity index (χ2n) is 6.19. The van der Waals surface area contributed by atoms with Crippen molar-refractivity contribution < 1.29 is 13.9 Å². The highest BCUT2D eigenvalue weighted by Crippen LogP contribution is 2.30. The van der Waals surface area contributed by atoms with Crippen LogP contribution in [0.25, 0.3) is 22.6 Å². The highest BCUT2D eigenvalue weighted by Gasteiger charge is 2.28. The predicted octanol–water partition coefficient (Wildman–Crippen LogP) is 2.83. The van der Waals surface area contributed by atoms with E-state index in [1.165, 1.54) is 6.07 Å². The number of rotatable bonds is 1. The van der Waals surface area contributed by atoms with Crippen LogP contribution in [-0.4, -0.2) is 16.6 Å². The number of nitrogen functional groups attached to an aromatic ring is 1. The number of fused-ring (bicyclic) bond motifs is 2. The summed E-state index contributed by atoms with van der Waals surface area (Å²) in [6.45, 7) is 5.20. The highest BCUT2D eigenvalue weighted by atomic mass is 16.6. The molecule has 0 spiro atoms. The van der Waals surface area contributed by atoms with Crippen LogP contribution in [0, 0.1) is 0 Å². The Labute approximate surface area is 132 Å². The smallest absolute Gasteiger partial charge is 0.343 e. The van der Waals surface area contributed by atoms with E-state index in [0.717, 1.165) is 0 Å². The van der Waals surface area contributed by atoms with E-state index in [1.807, 2.05) is 0 Å². The van der Waals surface area contributed by atoms with Crippen LogP contribution in [0.15, 0.2) is 39.5 Å². The minimum absolute atomic E-state index is 0.0584. The maximum Gasteiger partial charge on any atom is 0.343 e. The van der Waals surface area contributed by atoms with Gasteiger partial charge in [-0.2, -0.15) is 0 Å². The molecule has 2 N–H and O–H groups in total. The average Bonchev–Trinajstić information content (AvgIpc) is 2.44. The van der Waals surface area contributed by atoms with Crippen molar-refractivity contribution >= 4 is 22.8 Å². The molecule has 1 aliphatic heterocycles. The molecule has 6 nitrogen and oxygen atoms in total. The van der Waals surface area contributed by atoms with Gasteiger partial charge in [0.05, 0.1) is 5.69 Å². The van der Waals surface area contributed by atoms with Crippen LogP contribution in [0.2, 0.25) is 0 Å². The van der Waals surface area contributed by atoms with Crippen LogP contribution >= 0.6 is 0 Å². The lowest BCUT2D eigenvalue weighted by Crippen LogP contribution is -2.27. The van der Waals surface area contributed by atoms with E-state index < -0.39 is 17.0 Å². The molecule has 1 aromatic rings. The van der Waals surface area contributed by atoms with Gasteiger partial charge in [0.2, 0.25) is 5.43 Å². The Morgan fingerprint density at radius 1 is 1.26 bits per heavy atom. The Kier molecular flexibility index (Phi) is 3.32. The summed E-state index contributed by atoms with van der Waals surface area (Å²) in [5.41, 5.74) is 5.64. The SMILES string of the molecule is CC(C)(C)OC(=O)c1c2nc3ccccc3oc-2cc(=O)c1N. The van der Waals surface area contributed by atoms with E-state index in [1.54, 1.807) is 45.0 Å². The molecule has 1 aliphatic carbocycles.